The first kappa shape index (κ1) is 11.7. The Morgan fingerprint density at radius 3 is 2.47 bits per heavy atom. The van der Waals surface area contributed by atoms with E-state index in [2.05, 4.69) is 36.7 Å². The molecule has 0 radical (unpaired) electrons. The molecule has 0 amide bonds. The zero-order chi connectivity index (χ0) is 12.3. The molecule has 2 nitrogen and oxygen atoms in total. The first-order valence-corrected chi connectivity index (χ1v) is 6.39. The normalized spacial score (nSPS) is 11.8. The van der Waals surface area contributed by atoms with E-state index in [1.165, 1.54) is 10.4 Å². The van der Waals surface area contributed by atoms with Gasteiger partial charge in [0, 0.05) is 10.6 Å². The van der Waals surface area contributed by atoms with Crippen molar-refractivity contribution in [2.45, 2.75) is 19.9 Å². The van der Waals surface area contributed by atoms with Crippen molar-refractivity contribution < 1.29 is 0 Å². The molecule has 1 aromatic carbocycles. The van der Waals surface area contributed by atoms with Gasteiger partial charge in [-0.3, -0.25) is 0 Å². The molecule has 1 N–H and O–H groups in total. The van der Waals surface area contributed by atoms with E-state index in [0.29, 0.717) is 11.6 Å². The SMILES string of the molecule is Cc1ccsc1C(C)Nc1ccc(C#N)cc1. The highest BCUT2D eigenvalue weighted by Gasteiger charge is 2.09. The van der Waals surface area contributed by atoms with Crippen LogP contribution in [0.25, 0.3) is 0 Å². The minimum Gasteiger partial charge on any atom is -0.378 e. The largest absolute Gasteiger partial charge is 0.378 e. The Hall–Kier alpha value is -1.79. The molecule has 0 aliphatic rings. The minimum atomic E-state index is 0.294. The third-order valence-corrected chi connectivity index (χ3v) is 3.89. The molecule has 0 aliphatic heterocycles. The molecule has 17 heavy (non-hydrogen) atoms. The molecule has 2 aromatic rings. The molecule has 0 aliphatic carbocycles. The third kappa shape index (κ3) is 2.66. The lowest BCUT2D eigenvalue weighted by atomic mass is 10.1. The van der Waals surface area contributed by atoms with Crippen LogP contribution in [0, 0.1) is 18.3 Å². The topological polar surface area (TPSA) is 35.8 Å². The van der Waals surface area contributed by atoms with E-state index in [4.69, 9.17) is 5.26 Å². The van der Waals surface area contributed by atoms with Crippen LogP contribution in [0.15, 0.2) is 35.7 Å². The Morgan fingerprint density at radius 2 is 1.94 bits per heavy atom. The molecule has 1 unspecified atom stereocenters. The van der Waals surface area contributed by atoms with Gasteiger partial charge in [-0.1, -0.05) is 0 Å². The van der Waals surface area contributed by atoms with Crippen molar-refractivity contribution in [1.82, 2.24) is 0 Å². The number of benzene rings is 1. The van der Waals surface area contributed by atoms with Crippen LogP contribution in [0.1, 0.15) is 29.0 Å². The summed E-state index contributed by atoms with van der Waals surface area (Å²) < 4.78 is 0. The van der Waals surface area contributed by atoms with E-state index in [0.717, 1.165) is 5.69 Å². The highest BCUT2D eigenvalue weighted by molar-refractivity contribution is 7.10. The van der Waals surface area contributed by atoms with Crippen LogP contribution >= 0.6 is 11.3 Å². The van der Waals surface area contributed by atoms with Crippen molar-refractivity contribution in [2.75, 3.05) is 5.32 Å². The Labute approximate surface area is 106 Å². The second-order valence-electron chi connectivity index (χ2n) is 4.02. The second kappa shape index (κ2) is 5.03. The van der Waals surface area contributed by atoms with Gasteiger partial charge in [-0.05, 0) is 55.1 Å². The number of nitriles is 1. The molecule has 86 valence electrons. The summed E-state index contributed by atoms with van der Waals surface area (Å²) in [5, 5.41) is 14.3. The van der Waals surface area contributed by atoms with Gasteiger partial charge in [-0.15, -0.1) is 11.3 Å². The standard InChI is InChI=1S/C14H14N2S/c1-10-7-8-17-14(10)11(2)16-13-5-3-12(9-15)4-6-13/h3-8,11,16H,1-2H3. The van der Waals surface area contributed by atoms with Gasteiger partial charge < -0.3 is 5.32 Å². The van der Waals surface area contributed by atoms with Gasteiger partial charge in [-0.2, -0.15) is 5.26 Å². The summed E-state index contributed by atoms with van der Waals surface area (Å²) in [7, 11) is 0. The molecule has 1 heterocycles. The number of rotatable bonds is 3. The number of nitrogens with one attached hydrogen (secondary N) is 1. The maximum absolute atomic E-state index is 8.73. The van der Waals surface area contributed by atoms with Crippen LogP contribution in [0.3, 0.4) is 0 Å². The summed E-state index contributed by atoms with van der Waals surface area (Å²) >= 11 is 1.77. The summed E-state index contributed by atoms with van der Waals surface area (Å²) in [6.07, 6.45) is 0. The van der Waals surface area contributed by atoms with Crippen LogP contribution in [-0.2, 0) is 0 Å². The number of hydrogen-bond acceptors (Lipinski definition) is 3. The molecule has 0 spiro atoms. The van der Waals surface area contributed by atoms with Gasteiger partial charge in [0.2, 0.25) is 0 Å². The van der Waals surface area contributed by atoms with Gasteiger partial charge in [0.1, 0.15) is 0 Å². The van der Waals surface area contributed by atoms with E-state index in [9.17, 15) is 0 Å². The Kier molecular flexibility index (Phi) is 3.46. The van der Waals surface area contributed by atoms with Gasteiger partial charge in [0.05, 0.1) is 17.7 Å². The van der Waals surface area contributed by atoms with E-state index < -0.39 is 0 Å². The van der Waals surface area contributed by atoms with Crippen LogP contribution in [-0.4, -0.2) is 0 Å². The predicted molar refractivity (Wildman–Crippen MR) is 72.3 cm³/mol. The van der Waals surface area contributed by atoms with Crippen molar-refractivity contribution in [2.24, 2.45) is 0 Å². The maximum Gasteiger partial charge on any atom is 0.0991 e. The molecule has 3 heteroatoms. The zero-order valence-corrected chi connectivity index (χ0v) is 10.7. The molecular weight excluding hydrogens is 228 g/mol. The summed E-state index contributed by atoms with van der Waals surface area (Å²) in [6, 6.07) is 12.1. The van der Waals surface area contributed by atoms with Crippen LogP contribution in [0.5, 0.6) is 0 Å². The fourth-order valence-corrected chi connectivity index (χ4v) is 2.72. The van der Waals surface area contributed by atoms with Gasteiger partial charge >= 0.3 is 0 Å². The number of hydrogen-bond donors (Lipinski definition) is 1. The summed E-state index contributed by atoms with van der Waals surface area (Å²) in [4.78, 5) is 1.36. The lowest BCUT2D eigenvalue weighted by Gasteiger charge is -2.14. The molecule has 0 saturated carbocycles. The summed E-state index contributed by atoms with van der Waals surface area (Å²) in [5.41, 5.74) is 3.06. The van der Waals surface area contributed by atoms with Crippen LogP contribution < -0.4 is 5.32 Å². The molecule has 0 saturated heterocycles. The van der Waals surface area contributed by atoms with E-state index in [1.54, 1.807) is 11.3 Å². The first-order valence-electron chi connectivity index (χ1n) is 5.51. The molecule has 0 fully saturated rings. The van der Waals surface area contributed by atoms with Crippen molar-refractivity contribution in [3.8, 4) is 6.07 Å². The van der Waals surface area contributed by atoms with Crippen LogP contribution in [0.2, 0.25) is 0 Å². The summed E-state index contributed by atoms with van der Waals surface area (Å²) in [6.45, 7) is 4.28. The van der Waals surface area contributed by atoms with Crippen LogP contribution in [0.4, 0.5) is 5.69 Å². The van der Waals surface area contributed by atoms with E-state index in [1.807, 2.05) is 24.3 Å². The predicted octanol–water partition coefficient (Wildman–Crippen LogP) is 4.10. The fourth-order valence-electron chi connectivity index (χ4n) is 1.78. The quantitative estimate of drug-likeness (QED) is 0.879. The Balaban J connectivity index is 2.11. The first-order chi connectivity index (χ1) is 8.20. The highest BCUT2D eigenvalue weighted by atomic mass is 32.1. The number of thiophene rings is 1. The molecule has 0 bridgehead atoms. The fraction of sp³-hybridized carbons (Fsp3) is 0.214. The number of anilines is 1. The number of aryl methyl sites for hydroxylation is 1. The Morgan fingerprint density at radius 1 is 1.24 bits per heavy atom. The van der Waals surface area contributed by atoms with Crippen molar-refractivity contribution in [3.63, 3.8) is 0 Å². The molecule has 1 aromatic heterocycles. The van der Waals surface area contributed by atoms with E-state index >= 15 is 0 Å². The average Bonchev–Trinajstić information content (AvgIpc) is 2.76. The smallest absolute Gasteiger partial charge is 0.0991 e. The minimum absolute atomic E-state index is 0.294. The second-order valence-corrected chi connectivity index (χ2v) is 4.97. The maximum atomic E-state index is 8.73. The highest BCUT2D eigenvalue weighted by Crippen LogP contribution is 2.26. The molecule has 2 rings (SSSR count). The number of nitrogens with zero attached hydrogens (tertiary/aromatic N) is 1. The molecular formula is C14H14N2S. The van der Waals surface area contributed by atoms with Crippen molar-refractivity contribution in [1.29, 1.82) is 5.26 Å². The average molecular weight is 242 g/mol. The van der Waals surface area contributed by atoms with Gasteiger partial charge in [0.25, 0.3) is 0 Å². The van der Waals surface area contributed by atoms with Gasteiger partial charge in [-0.25, -0.2) is 0 Å². The zero-order valence-electron chi connectivity index (χ0n) is 9.90. The lowest BCUT2D eigenvalue weighted by molar-refractivity contribution is 0.899. The molecule has 1 atom stereocenters. The van der Waals surface area contributed by atoms with Crippen molar-refractivity contribution in [3.05, 3.63) is 51.7 Å². The van der Waals surface area contributed by atoms with E-state index in [-0.39, 0.29) is 0 Å². The summed E-state index contributed by atoms with van der Waals surface area (Å²) in [5.74, 6) is 0. The monoisotopic (exact) mass is 242 g/mol. The Bertz CT molecular complexity index is 534. The van der Waals surface area contributed by atoms with Gasteiger partial charge in [0.15, 0.2) is 0 Å². The lowest BCUT2D eigenvalue weighted by Crippen LogP contribution is -2.05. The third-order valence-electron chi connectivity index (χ3n) is 2.69. The van der Waals surface area contributed by atoms with Crippen molar-refractivity contribution >= 4 is 17.0 Å².